The summed E-state index contributed by atoms with van der Waals surface area (Å²) in [5, 5.41) is 6.30. The third kappa shape index (κ3) is 12.5. The van der Waals surface area contributed by atoms with Crippen molar-refractivity contribution in [2.75, 3.05) is 18.1 Å². The van der Waals surface area contributed by atoms with Crippen LogP contribution in [0.25, 0.3) is 0 Å². The molecule has 0 radical (unpaired) electrons. The first kappa shape index (κ1) is 34.0. The van der Waals surface area contributed by atoms with Crippen LogP contribution in [0.3, 0.4) is 0 Å². The molecule has 0 atom stereocenters. The fourth-order valence-electron chi connectivity index (χ4n) is 3.85. The fraction of sp³-hybridized carbons (Fsp3) is 0.143. The van der Waals surface area contributed by atoms with Gasteiger partial charge in [0.1, 0.15) is 0 Å². The minimum atomic E-state index is -0.348. The van der Waals surface area contributed by atoms with Crippen LogP contribution in [-0.4, -0.2) is 17.6 Å². The molecule has 5 aromatic carbocycles. The molecule has 40 heavy (non-hydrogen) atoms. The van der Waals surface area contributed by atoms with Crippen LogP contribution < -0.4 is 27.0 Å². The molecule has 0 amide bonds. The van der Waals surface area contributed by atoms with Gasteiger partial charge in [-0.3, -0.25) is 0 Å². The monoisotopic (exact) mass is 671 g/mol. The zero-order valence-corrected chi connectivity index (χ0v) is 27.2. The fourth-order valence-corrected chi connectivity index (χ4v) is 9.20. The second kappa shape index (κ2) is 19.8. The van der Waals surface area contributed by atoms with E-state index >= 15 is 0 Å². The first-order valence-corrected chi connectivity index (χ1v) is 16.7. The van der Waals surface area contributed by atoms with Gasteiger partial charge in [0.15, 0.2) is 0 Å². The van der Waals surface area contributed by atoms with E-state index in [0.717, 1.165) is 5.69 Å². The number of anilines is 1. The third-order valence-electron chi connectivity index (χ3n) is 5.56. The molecule has 5 aromatic rings. The van der Waals surface area contributed by atoms with Crippen molar-refractivity contribution in [2.24, 2.45) is 0 Å². The summed E-state index contributed by atoms with van der Waals surface area (Å²) in [5.74, 6) is 0. The topological polar surface area (TPSA) is 26.0 Å². The molecule has 0 saturated carbocycles. The number of nitrogen functional groups attached to an aromatic ring is 1. The molecule has 0 aromatic heterocycles. The first-order valence-electron chi connectivity index (χ1n) is 13.2. The van der Waals surface area contributed by atoms with Gasteiger partial charge in [0.25, 0.3) is 0 Å². The second-order valence-corrected chi connectivity index (χ2v) is 14.6. The van der Waals surface area contributed by atoms with E-state index in [4.69, 9.17) is 5.73 Å². The molecule has 0 heterocycles. The Hall–Kier alpha value is -2.23. The maximum Gasteiger partial charge on any atom is 2.00 e. The smallest absolute Gasteiger partial charge is 0.790 e. The molecule has 0 unspecified atom stereocenters. The molecule has 0 bridgehead atoms. The van der Waals surface area contributed by atoms with E-state index in [1.54, 1.807) is 24.3 Å². The van der Waals surface area contributed by atoms with Crippen LogP contribution in [0.1, 0.15) is 13.8 Å². The first-order chi connectivity index (χ1) is 19.0. The van der Waals surface area contributed by atoms with Gasteiger partial charge in [0, 0.05) is 0 Å². The number of rotatable bonds is 7. The Kier molecular flexibility index (Phi) is 16.8. The van der Waals surface area contributed by atoms with E-state index in [1.807, 2.05) is 13.8 Å². The van der Waals surface area contributed by atoms with E-state index in [9.17, 15) is 0 Å². The molecule has 5 rings (SSSR count). The molecule has 5 heteroatoms. The summed E-state index contributed by atoms with van der Waals surface area (Å²) in [6.45, 7) is 3.96. The van der Waals surface area contributed by atoms with Crippen LogP contribution >= 0.6 is 15.8 Å². The predicted molar refractivity (Wildman–Crippen MR) is 180 cm³/mol. The second-order valence-electron chi connectivity index (χ2n) is 9.03. The summed E-state index contributed by atoms with van der Waals surface area (Å²) in [6.07, 6.45) is 2.41. The van der Waals surface area contributed by atoms with Crippen LogP contribution in [0, 0.1) is 6.07 Å². The summed E-state index contributed by atoms with van der Waals surface area (Å²) in [4.78, 5) is 0. The molecule has 0 saturated heterocycles. The Bertz CT molecular complexity index is 1130. The summed E-state index contributed by atoms with van der Waals surface area (Å²) in [7, 11) is -0.696. The zero-order valence-electron chi connectivity index (χ0n) is 23.0. The van der Waals surface area contributed by atoms with Gasteiger partial charge in [-0.05, 0) is 49.4 Å². The number of hydrogen-bond acceptors (Lipinski definition) is 2. The predicted octanol–water partition coefficient (Wildman–Crippen LogP) is 7.26. The van der Waals surface area contributed by atoms with Crippen LogP contribution in [-0.2, 0) is 33.1 Å². The van der Waals surface area contributed by atoms with Crippen LogP contribution in [0.2, 0.25) is 0 Å². The van der Waals surface area contributed by atoms with Gasteiger partial charge < -0.3 is 18.4 Å². The Morgan fingerprint density at radius 2 is 0.800 bits per heavy atom. The van der Waals surface area contributed by atoms with Crippen molar-refractivity contribution in [1.82, 2.24) is 0 Å². The average Bonchev–Trinajstić information content (AvgIpc) is 2.98. The SMILES string of the molecule is CC(C)[S-].Nc1cc[c-]cc1.[Pd+2].c1ccc(P(CCP(c2ccccc2)c2ccccc2)c2ccccc2)cc1. The van der Waals surface area contributed by atoms with E-state index in [0.29, 0.717) is 5.25 Å². The average molecular weight is 672 g/mol. The van der Waals surface area contributed by atoms with Crippen molar-refractivity contribution in [3.63, 3.8) is 0 Å². The van der Waals surface area contributed by atoms with Crippen LogP contribution in [0.15, 0.2) is 146 Å². The van der Waals surface area contributed by atoms with Crippen molar-refractivity contribution in [3.8, 4) is 0 Å². The summed E-state index contributed by atoms with van der Waals surface area (Å²) in [5.41, 5.74) is 6.13. The number of hydrogen-bond donors (Lipinski definition) is 1. The summed E-state index contributed by atoms with van der Waals surface area (Å²) in [6, 6.07) is 54.2. The minimum absolute atomic E-state index is 0. The summed E-state index contributed by atoms with van der Waals surface area (Å²) < 4.78 is 0. The minimum Gasteiger partial charge on any atom is -0.790 e. The molecule has 208 valence electrons. The van der Waals surface area contributed by atoms with Crippen molar-refractivity contribution in [1.29, 1.82) is 0 Å². The van der Waals surface area contributed by atoms with Gasteiger partial charge in [0.05, 0.1) is 0 Å². The molecule has 0 aliphatic rings. The molecule has 0 fully saturated rings. The van der Waals surface area contributed by atoms with Crippen molar-refractivity contribution in [2.45, 2.75) is 19.1 Å². The Balaban J connectivity index is 0.000000393. The van der Waals surface area contributed by atoms with E-state index in [-0.39, 0.29) is 36.3 Å². The van der Waals surface area contributed by atoms with Gasteiger partial charge in [-0.1, -0.05) is 141 Å². The molecular weight excluding hydrogens is 635 g/mol. The van der Waals surface area contributed by atoms with Crippen molar-refractivity contribution in [3.05, 3.63) is 152 Å². The third-order valence-corrected chi connectivity index (χ3v) is 10.9. The quantitative estimate of drug-likeness (QED) is 0.0648. The molecule has 2 N–H and O–H groups in total. The van der Waals surface area contributed by atoms with Gasteiger partial charge in [-0.15, -0.1) is 12.1 Å². The maximum absolute atomic E-state index is 5.34. The maximum atomic E-state index is 5.34. The molecular formula is C35H37NP2PdS. The van der Waals surface area contributed by atoms with E-state index in [2.05, 4.69) is 140 Å². The molecule has 0 aliphatic heterocycles. The van der Waals surface area contributed by atoms with Crippen LogP contribution in [0.4, 0.5) is 5.69 Å². The van der Waals surface area contributed by atoms with Gasteiger partial charge in [0.2, 0.25) is 0 Å². The zero-order chi connectivity index (χ0) is 27.7. The molecule has 0 aliphatic carbocycles. The Morgan fingerprint density at radius 1 is 0.550 bits per heavy atom. The largest absolute Gasteiger partial charge is 2.00 e. The molecule has 1 nitrogen and oxygen atoms in total. The van der Waals surface area contributed by atoms with Gasteiger partial charge in [-0.25, -0.2) is 0 Å². The van der Waals surface area contributed by atoms with Crippen molar-refractivity contribution < 1.29 is 20.4 Å². The van der Waals surface area contributed by atoms with Crippen LogP contribution in [0.5, 0.6) is 0 Å². The number of benzene rings is 5. The van der Waals surface area contributed by atoms with Gasteiger partial charge >= 0.3 is 20.4 Å². The Morgan fingerprint density at radius 3 is 1.00 bits per heavy atom. The van der Waals surface area contributed by atoms with E-state index < -0.39 is 0 Å². The van der Waals surface area contributed by atoms with E-state index in [1.165, 1.54) is 33.5 Å². The number of nitrogens with two attached hydrogens (primary N) is 1. The van der Waals surface area contributed by atoms with Crippen molar-refractivity contribution >= 4 is 55.4 Å². The normalized spacial score (nSPS) is 10.2. The molecule has 0 spiro atoms. The van der Waals surface area contributed by atoms with Gasteiger partial charge in [-0.2, -0.15) is 23.4 Å². The Labute approximate surface area is 263 Å². The summed E-state index contributed by atoms with van der Waals surface area (Å²) >= 11 is 4.62. The standard InChI is InChI=1S/C26H24P2.C6H6N.C3H8S.Pd/c1-5-13-23(14-6-1)27(24-15-7-2-8-16-24)21-22-28(25-17-9-3-10-18-25)26-19-11-4-12-20-26;7-6-4-2-1-3-5-6;1-3(2)4;/h1-20H,21-22H2;2-5H,7H2;3-4H,1-2H3;/q;-1;;+2/p-1.